The van der Waals surface area contributed by atoms with E-state index in [1.54, 1.807) is 11.3 Å². The lowest BCUT2D eigenvalue weighted by molar-refractivity contribution is 0.0934. The van der Waals surface area contributed by atoms with Crippen molar-refractivity contribution in [1.82, 2.24) is 10.3 Å². The van der Waals surface area contributed by atoms with Crippen LogP contribution >= 0.6 is 11.3 Å². The number of hydrogen-bond acceptors (Lipinski definition) is 3. The molecular formula is C18H18N2OS. The van der Waals surface area contributed by atoms with E-state index in [0.717, 1.165) is 27.8 Å². The van der Waals surface area contributed by atoms with E-state index >= 15 is 0 Å². The van der Waals surface area contributed by atoms with Crippen molar-refractivity contribution in [2.75, 3.05) is 0 Å². The van der Waals surface area contributed by atoms with Crippen molar-refractivity contribution in [2.24, 2.45) is 0 Å². The molecular weight excluding hydrogens is 292 g/mol. The maximum absolute atomic E-state index is 12.4. The molecule has 1 aromatic carbocycles. The highest BCUT2D eigenvalue weighted by molar-refractivity contribution is 7.17. The summed E-state index contributed by atoms with van der Waals surface area (Å²) in [5, 5.41) is 6.08. The first-order valence-electron chi connectivity index (χ1n) is 7.43. The maximum atomic E-state index is 12.4. The molecule has 4 heteroatoms. The first kappa shape index (κ1) is 14.7. The van der Waals surface area contributed by atoms with E-state index in [2.05, 4.69) is 17.2 Å². The van der Waals surface area contributed by atoms with Crippen LogP contribution in [0.1, 0.15) is 30.8 Å². The number of carbonyl (C=O) groups excluding carboxylic acids is 1. The van der Waals surface area contributed by atoms with Gasteiger partial charge in [0.15, 0.2) is 0 Å². The predicted octanol–water partition coefficient (Wildman–Crippen LogP) is 4.49. The first-order chi connectivity index (χ1) is 10.7. The number of amides is 1. The molecule has 112 valence electrons. The minimum absolute atomic E-state index is 0.111. The molecule has 0 saturated carbocycles. The Labute approximate surface area is 134 Å². The summed E-state index contributed by atoms with van der Waals surface area (Å²) in [4.78, 5) is 17.0. The Kier molecular flexibility index (Phi) is 4.20. The average Bonchev–Trinajstić information content (AvgIpc) is 3.03. The average molecular weight is 310 g/mol. The summed E-state index contributed by atoms with van der Waals surface area (Å²) in [6.07, 6.45) is 0.901. The zero-order valence-corrected chi connectivity index (χ0v) is 13.5. The van der Waals surface area contributed by atoms with Crippen molar-refractivity contribution in [3.8, 4) is 11.3 Å². The third-order valence-corrected chi connectivity index (χ3v) is 4.64. The van der Waals surface area contributed by atoms with Crippen LogP contribution in [0.15, 0.2) is 47.8 Å². The smallest absolute Gasteiger partial charge is 0.270 e. The van der Waals surface area contributed by atoms with Gasteiger partial charge < -0.3 is 5.32 Å². The molecule has 0 aliphatic rings. The van der Waals surface area contributed by atoms with E-state index in [1.807, 2.05) is 54.8 Å². The maximum Gasteiger partial charge on any atom is 0.270 e. The van der Waals surface area contributed by atoms with E-state index in [-0.39, 0.29) is 11.9 Å². The summed E-state index contributed by atoms with van der Waals surface area (Å²) in [6, 6.07) is 14.1. The van der Waals surface area contributed by atoms with Crippen LogP contribution in [0.25, 0.3) is 21.3 Å². The number of aromatic nitrogens is 1. The fourth-order valence-electron chi connectivity index (χ4n) is 2.28. The summed E-state index contributed by atoms with van der Waals surface area (Å²) >= 11 is 1.65. The van der Waals surface area contributed by atoms with Gasteiger partial charge in [-0.3, -0.25) is 4.79 Å². The third-order valence-electron chi connectivity index (χ3n) is 3.70. The highest BCUT2D eigenvalue weighted by atomic mass is 32.1. The molecule has 1 atom stereocenters. The molecule has 0 fully saturated rings. The Morgan fingerprint density at radius 3 is 2.77 bits per heavy atom. The summed E-state index contributed by atoms with van der Waals surface area (Å²) < 4.78 is 1.12. The van der Waals surface area contributed by atoms with Gasteiger partial charge in [-0.15, -0.1) is 11.3 Å². The molecule has 0 spiro atoms. The summed E-state index contributed by atoms with van der Waals surface area (Å²) in [7, 11) is 0. The van der Waals surface area contributed by atoms with Crippen LogP contribution in [-0.4, -0.2) is 16.9 Å². The molecule has 22 heavy (non-hydrogen) atoms. The van der Waals surface area contributed by atoms with Crippen molar-refractivity contribution in [1.29, 1.82) is 0 Å². The van der Waals surface area contributed by atoms with Gasteiger partial charge in [0.2, 0.25) is 0 Å². The number of carbonyl (C=O) groups is 1. The summed E-state index contributed by atoms with van der Waals surface area (Å²) in [6.45, 7) is 4.05. The molecule has 2 heterocycles. The molecule has 3 rings (SSSR count). The third kappa shape index (κ3) is 2.88. The number of pyridine rings is 1. The van der Waals surface area contributed by atoms with Crippen molar-refractivity contribution >= 4 is 27.3 Å². The van der Waals surface area contributed by atoms with Crippen molar-refractivity contribution < 1.29 is 4.79 Å². The lowest BCUT2D eigenvalue weighted by Gasteiger charge is -2.12. The predicted molar refractivity (Wildman–Crippen MR) is 92.3 cm³/mol. The Morgan fingerprint density at radius 1 is 1.27 bits per heavy atom. The van der Waals surface area contributed by atoms with Gasteiger partial charge in [-0.2, -0.15) is 0 Å². The van der Waals surface area contributed by atoms with E-state index in [1.165, 1.54) is 0 Å². The van der Waals surface area contributed by atoms with E-state index in [9.17, 15) is 4.79 Å². The molecule has 0 saturated heterocycles. The fourth-order valence-corrected chi connectivity index (χ4v) is 3.17. The zero-order valence-electron chi connectivity index (χ0n) is 12.7. The second-order valence-corrected chi connectivity index (χ2v) is 6.26. The molecule has 0 aliphatic heterocycles. The Morgan fingerprint density at radius 2 is 2.05 bits per heavy atom. The molecule has 1 amide bonds. The molecule has 3 nitrogen and oxygen atoms in total. The normalized spacial score (nSPS) is 12.3. The van der Waals surface area contributed by atoms with Gasteiger partial charge in [0.1, 0.15) is 5.69 Å². The van der Waals surface area contributed by atoms with Gasteiger partial charge in [-0.25, -0.2) is 4.98 Å². The second-order valence-electron chi connectivity index (χ2n) is 5.34. The number of nitrogens with zero attached hydrogens (tertiary/aromatic N) is 1. The number of hydrogen-bond donors (Lipinski definition) is 1. The van der Waals surface area contributed by atoms with Gasteiger partial charge in [0.25, 0.3) is 5.91 Å². The quantitative estimate of drug-likeness (QED) is 0.771. The van der Waals surface area contributed by atoms with E-state index < -0.39 is 0 Å². The fraction of sp³-hybridized carbons (Fsp3) is 0.222. The van der Waals surface area contributed by atoms with Crippen LogP contribution in [0.2, 0.25) is 0 Å². The summed E-state index contributed by atoms with van der Waals surface area (Å²) in [5.41, 5.74) is 2.39. The molecule has 1 N–H and O–H groups in total. The largest absolute Gasteiger partial charge is 0.348 e. The lowest BCUT2D eigenvalue weighted by atomic mass is 10.1. The zero-order chi connectivity index (χ0) is 15.5. The van der Waals surface area contributed by atoms with Gasteiger partial charge >= 0.3 is 0 Å². The molecule has 3 aromatic rings. The van der Waals surface area contributed by atoms with Gasteiger partial charge in [0.05, 0.1) is 10.4 Å². The molecule has 0 radical (unpaired) electrons. The van der Waals surface area contributed by atoms with Gasteiger partial charge in [-0.05, 0) is 36.2 Å². The van der Waals surface area contributed by atoms with Crippen molar-refractivity contribution in [3.05, 3.63) is 53.5 Å². The minimum Gasteiger partial charge on any atom is -0.348 e. The molecule has 1 unspecified atom stereocenters. The van der Waals surface area contributed by atoms with Crippen LogP contribution in [0.3, 0.4) is 0 Å². The molecule has 0 aliphatic carbocycles. The molecule has 2 aromatic heterocycles. The molecule has 0 bridgehead atoms. The van der Waals surface area contributed by atoms with Crippen LogP contribution in [0.4, 0.5) is 0 Å². The number of fused-ring (bicyclic) bond motifs is 1. The van der Waals surface area contributed by atoms with Gasteiger partial charge in [-0.1, -0.05) is 37.3 Å². The highest BCUT2D eigenvalue weighted by Gasteiger charge is 2.15. The number of thiophene rings is 1. The summed E-state index contributed by atoms with van der Waals surface area (Å²) in [5.74, 6) is -0.111. The number of rotatable bonds is 4. The standard InChI is InChI=1S/C18H18N2OS/c1-3-12(2)19-18(21)15-11-14-9-10-22-17(14)16(20-15)13-7-5-4-6-8-13/h4-12H,3H2,1-2H3,(H,19,21). The van der Waals surface area contributed by atoms with Crippen molar-refractivity contribution in [3.63, 3.8) is 0 Å². The van der Waals surface area contributed by atoms with Crippen LogP contribution in [0, 0.1) is 0 Å². The van der Waals surface area contributed by atoms with Crippen LogP contribution < -0.4 is 5.32 Å². The van der Waals surface area contributed by atoms with Crippen molar-refractivity contribution in [2.45, 2.75) is 26.3 Å². The Bertz CT molecular complexity index is 795. The second kappa shape index (κ2) is 6.28. The lowest BCUT2D eigenvalue weighted by Crippen LogP contribution is -2.32. The van der Waals surface area contributed by atoms with E-state index in [0.29, 0.717) is 5.69 Å². The Hall–Kier alpha value is -2.20. The van der Waals surface area contributed by atoms with E-state index in [4.69, 9.17) is 0 Å². The number of nitrogens with one attached hydrogen (secondary N) is 1. The monoisotopic (exact) mass is 310 g/mol. The number of benzene rings is 1. The SMILES string of the molecule is CCC(C)NC(=O)c1cc2ccsc2c(-c2ccccc2)n1. The topological polar surface area (TPSA) is 42.0 Å². The Balaban J connectivity index is 2.08. The van der Waals surface area contributed by atoms with Crippen LogP contribution in [0.5, 0.6) is 0 Å². The highest BCUT2D eigenvalue weighted by Crippen LogP contribution is 2.31. The first-order valence-corrected chi connectivity index (χ1v) is 8.31. The van der Waals surface area contributed by atoms with Gasteiger partial charge in [0, 0.05) is 11.6 Å². The minimum atomic E-state index is -0.111. The van der Waals surface area contributed by atoms with Crippen LogP contribution in [-0.2, 0) is 0 Å².